The third-order valence-corrected chi connectivity index (χ3v) is 3.51. The zero-order valence-corrected chi connectivity index (χ0v) is 13.5. The number of carbonyl (C=O) groups excluding carboxylic acids is 2. The number of aryl methyl sites for hydroxylation is 1. The third kappa shape index (κ3) is 3.72. The monoisotopic (exact) mass is 335 g/mol. The highest BCUT2D eigenvalue weighted by molar-refractivity contribution is 5.92. The number of nitrogens with one attached hydrogen (secondary N) is 1. The highest BCUT2D eigenvalue weighted by Gasteiger charge is 2.18. The zero-order chi connectivity index (χ0) is 17.8. The smallest absolute Gasteiger partial charge is 0.291 e. The lowest BCUT2D eigenvalue weighted by atomic mass is 10.2. The number of amides is 1. The van der Waals surface area contributed by atoms with E-state index >= 15 is 0 Å². The van der Waals surface area contributed by atoms with Gasteiger partial charge in [-0.1, -0.05) is 48.0 Å². The van der Waals surface area contributed by atoms with Crippen LogP contribution in [0.15, 0.2) is 54.6 Å². The molecule has 0 saturated heterocycles. The van der Waals surface area contributed by atoms with Gasteiger partial charge in [-0.2, -0.15) is 0 Å². The Kier molecular flexibility index (Phi) is 4.56. The molecular weight excluding hydrogens is 320 g/mol. The van der Waals surface area contributed by atoms with Gasteiger partial charge in [0.25, 0.3) is 5.91 Å². The van der Waals surface area contributed by atoms with E-state index in [1.807, 2.05) is 61.5 Å². The molecule has 0 aliphatic carbocycles. The Labute approximate surface area is 143 Å². The maximum absolute atomic E-state index is 12.1. The molecule has 25 heavy (non-hydrogen) atoms. The fourth-order valence-electron chi connectivity index (χ4n) is 2.28. The van der Waals surface area contributed by atoms with E-state index in [9.17, 15) is 14.7 Å². The minimum absolute atomic E-state index is 0.110. The predicted octanol–water partition coefficient (Wildman–Crippen LogP) is 0.722. The molecule has 0 spiro atoms. The molecule has 3 rings (SSSR count). The minimum Gasteiger partial charge on any atom is -0.548 e. The second-order valence-electron chi connectivity index (χ2n) is 5.43. The molecule has 7 nitrogen and oxygen atoms in total. The van der Waals surface area contributed by atoms with Gasteiger partial charge in [-0.05, 0) is 19.1 Å². The summed E-state index contributed by atoms with van der Waals surface area (Å²) in [5.41, 5.74) is 2.63. The summed E-state index contributed by atoms with van der Waals surface area (Å²) >= 11 is 0. The van der Waals surface area contributed by atoms with Crippen LogP contribution in [-0.2, 0) is 4.79 Å². The van der Waals surface area contributed by atoms with Crippen molar-refractivity contribution in [3.63, 3.8) is 0 Å². The summed E-state index contributed by atoms with van der Waals surface area (Å²) in [6.07, 6.45) is 0. The topological polar surface area (TPSA) is 99.9 Å². The lowest BCUT2D eigenvalue weighted by Gasteiger charge is -2.06. The Bertz CT molecular complexity index is 902. The average molecular weight is 335 g/mol. The Hall–Kier alpha value is -3.48. The van der Waals surface area contributed by atoms with Crippen molar-refractivity contribution in [1.29, 1.82) is 0 Å². The van der Waals surface area contributed by atoms with Crippen LogP contribution in [0.2, 0.25) is 0 Å². The number of aliphatic carboxylic acids is 1. The molecule has 2 aromatic carbocycles. The van der Waals surface area contributed by atoms with Crippen LogP contribution in [0.25, 0.3) is 17.1 Å². The number of aromatic nitrogens is 3. The molecule has 0 fully saturated rings. The first-order chi connectivity index (χ1) is 12.0. The molecule has 0 aliphatic rings. The summed E-state index contributed by atoms with van der Waals surface area (Å²) < 4.78 is 1.56. The number of carbonyl (C=O) groups is 2. The fourth-order valence-corrected chi connectivity index (χ4v) is 2.28. The van der Waals surface area contributed by atoms with Gasteiger partial charge >= 0.3 is 0 Å². The van der Waals surface area contributed by atoms with Gasteiger partial charge in [0.2, 0.25) is 5.82 Å². The first kappa shape index (κ1) is 16.4. The average Bonchev–Trinajstić information content (AvgIpc) is 3.06. The van der Waals surface area contributed by atoms with E-state index < -0.39 is 18.4 Å². The fraction of sp³-hybridized carbons (Fsp3) is 0.111. The predicted molar refractivity (Wildman–Crippen MR) is 88.9 cm³/mol. The Morgan fingerprint density at radius 3 is 2.40 bits per heavy atom. The number of benzene rings is 2. The molecule has 0 bridgehead atoms. The molecule has 126 valence electrons. The molecule has 0 unspecified atom stereocenters. The lowest BCUT2D eigenvalue weighted by molar-refractivity contribution is -0.303. The molecule has 0 radical (unpaired) electrons. The summed E-state index contributed by atoms with van der Waals surface area (Å²) in [4.78, 5) is 26.9. The van der Waals surface area contributed by atoms with Crippen LogP contribution in [0, 0.1) is 6.92 Å². The lowest BCUT2D eigenvalue weighted by Crippen LogP contribution is -2.38. The van der Waals surface area contributed by atoms with Crippen LogP contribution in [0.5, 0.6) is 0 Å². The normalized spacial score (nSPS) is 10.4. The SMILES string of the molecule is Cc1ccc(-n2nc(C(=O)NCC(=O)[O-])nc2-c2ccccc2)cc1. The molecule has 7 heteroatoms. The third-order valence-electron chi connectivity index (χ3n) is 3.51. The van der Waals surface area contributed by atoms with Gasteiger partial charge < -0.3 is 15.2 Å². The minimum atomic E-state index is -1.38. The van der Waals surface area contributed by atoms with Crippen molar-refractivity contribution in [2.45, 2.75) is 6.92 Å². The van der Waals surface area contributed by atoms with Crippen LogP contribution in [0.4, 0.5) is 0 Å². The van der Waals surface area contributed by atoms with Gasteiger partial charge in [0.05, 0.1) is 18.2 Å². The van der Waals surface area contributed by atoms with Crippen molar-refractivity contribution in [3.8, 4) is 17.1 Å². The summed E-state index contributed by atoms with van der Waals surface area (Å²) in [6, 6.07) is 16.9. The van der Waals surface area contributed by atoms with Crippen molar-refractivity contribution in [3.05, 3.63) is 66.0 Å². The van der Waals surface area contributed by atoms with E-state index in [1.165, 1.54) is 0 Å². The van der Waals surface area contributed by atoms with Gasteiger partial charge in [-0.15, -0.1) is 5.10 Å². The molecule has 0 atom stereocenters. The quantitative estimate of drug-likeness (QED) is 0.740. The second-order valence-corrected chi connectivity index (χ2v) is 5.43. The van der Waals surface area contributed by atoms with E-state index in [0.717, 1.165) is 16.8 Å². The Morgan fingerprint density at radius 2 is 1.76 bits per heavy atom. The van der Waals surface area contributed by atoms with Crippen molar-refractivity contribution in [1.82, 2.24) is 20.1 Å². The summed E-state index contributed by atoms with van der Waals surface area (Å²) in [6.45, 7) is 1.38. The van der Waals surface area contributed by atoms with Gasteiger partial charge in [0.15, 0.2) is 5.82 Å². The van der Waals surface area contributed by atoms with Gasteiger partial charge in [-0.3, -0.25) is 4.79 Å². The Morgan fingerprint density at radius 1 is 1.08 bits per heavy atom. The molecule has 1 amide bonds. The van der Waals surface area contributed by atoms with E-state index in [1.54, 1.807) is 4.68 Å². The van der Waals surface area contributed by atoms with Gasteiger partial charge in [0.1, 0.15) is 0 Å². The van der Waals surface area contributed by atoms with Crippen molar-refractivity contribution < 1.29 is 14.7 Å². The van der Waals surface area contributed by atoms with E-state index in [0.29, 0.717) is 5.82 Å². The maximum atomic E-state index is 12.1. The van der Waals surface area contributed by atoms with Crippen molar-refractivity contribution >= 4 is 11.9 Å². The molecule has 1 heterocycles. The standard InChI is InChI=1S/C18H16N4O3/c1-12-7-9-14(10-8-12)22-17(13-5-3-2-4-6-13)20-16(21-22)18(25)19-11-15(23)24/h2-10H,11H2,1H3,(H,19,25)(H,23,24)/p-1. The number of carboxylic acids is 1. The van der Waals surface area contributed by atoms with E-state index in [4.69, 9.17) is 0 Å². The van der Waals surface area contributed by atoms with Gasteiger partial charge in [0, 0.05) is 5.56 Å². The molecule has 1 aromatic heterocycles. The van der Waals surface area contributed by atoms with Crippen LogP contribution < -0.4 is 10.4 Å². The highest BCUT2D eigenvalue weighted by Crippen LogP contribution is 2.21. The highest BCUT2D eigenvalue weighted by atomic mass is 16.4. The molecule has 0 saturated carbocycles. The summed E-state index contributed by atoms with van der Waals surface area (Å²) in [5.74, 6) is -1.68. The number of rotatable bonds is 5. The molecular formula is C18H15N4O3-. The number of hydrogen-bond acceptors (Lipinski definition) is 5. The number of nitrogens with zero attached hydrogens (tertiary/aromatic N) is 3. The maximum Gasteiger partial charge on any atom is 0.291 e. The van der Waals surface area contributed by atoms with Crippen molar-refractivity contribution in [2.24, 2.45) is 0 Å². The summed E-state index contributed by atoms with van der Waals surface area (Å²) in [5, 5.41) is 17.0. The summed E-state index contributed by atoms with van der Waals surface area (Å²) in [7, 11) is 0. The van der Waals surface area contributed by atoms with Crippen LogP contribution >= 0.6 is 0 Å². The van der Waals surface area contributed by atoms with Crippen LogP contribution in [0.3, 0.4) is 0 Å². The molecule has 0 aliphatic heterocycles. The second kappa shape index (κ2) is 6.96. The van der Waals surface area contributed by atoms with Crippen molar-refractivity contribution in [2.75, 3.05) is 6.54 Å². The first-order valence-electron chi connectivity index (χ1n) is 7.62. The molecule has 1 N–H and O–H groups in total. The first-order valence-corrected chi connectivity index (χ1v) is 7.62. The Balaban J connectivity index is 2.04. The number of carboxylic acid groups (broad SMARTS) is 1. The van der Waals surface area contributed by atoms with E-state index in [-0.39, 0.29) is 5.82 Å². The molecule has 3 aromatic rings. The van der Waals surface area contributed by atoms with Crippen LogP contribution in [0.1, 0.15) is 16.2 Å². The number of hydrogen-bond donors (Lipinski definition) is 1. The van der Waals surface area contributed by atoms with Gasteiger partial charge in [-0.25, -0.2) is 9.67 Å². The largest absolute Gasteiger partial charge is 0.548 e. The van der Waals surface area contributed by atoms with E-state index in [2.05, 4.69) is 15.4 Å². The van der Waals surface area contributed by atoms with Crippen LogP contribution in [-0.4, -0.2) is 33.2 Å². The zero-order valence-electron chi connectivity index (χ0n) is 13.5.